The molecule has 4 nitrogen and oxygen atoms in total. The van der Waals surface area contributed by atoms with Crippen LogP contribution in [0.5, 0.6) is 0 Å². The SMILES string of the molecule is CC(C)c1ccc(CCC(=O)NC(C)(C)C(=O)Nc2ccccc2)cc1. The van der Waals surface area contributed by atoms with E-state index in [1.54, 1.807) is 13.8 Å². The molecule has 2 amide bonds. The van der Waals surface area contributed by atoms with Gasteiger partial charge >= 0.3 is 0 Å². The van der Waals surface area contributed by atoms with Gasteiger partial charge in [-0.3, -0.25) is 9.59 Å². The summed E-state index contributed by atoms with van der Waals surface area (Å²) in [5.41, 5.74) is 2.15. The number of benzene rings is 2. The van der Waals surface area contributed by atoms with Crippen molar-refractivity contribution in [3.63, 3.8) is 0 Å². The van der Waals surface area contributed by atoms with Gasteiger partial charge in [0.1, 0.15) is 5.54 Å². The maximum atomic E-state index is 12.4. The number of anilines is 1. The van der Waals surface area contributed by atoms with E-state index < -0.39 is 5.54 Å². The summed E-state index contributed by atoms with van der Waals surface area (Å²) in [5.74, 6) is 0.126. The molecule has 0 unspecified atom stereocenters. The first-order chi connectivity index (χ1) is 12.3. The number of nitrogens with one attached hydrogen (secondary N) is 2. The number of carbonyl (C=O) groups excluding carboxylic acids is 2. The van der Waals surface area contributed by atoms with E-state index in [1.165, 1.54) is 5.56 Å². The first-order valence-electron chi connectivity index (χ1n) is 9.04. The Hall–Kier alpha value is -2.62. The number of rotatable bonds is 7. The number of amides is 2. The van der Waals surface area contributed by atoms with E-state index >= 15 is 0 Å². The molecule has 0 saturated heterocycles. The van der Waals surface area contributed by atoms with Crippen molar-refractivity contribution in [2.24, 2.45) is 0 Å². The highest BCUT2D eigenvalue weighted by molar-refractivity contribution is 5.99. The van der Waals surface area contributed by atoms with Gasteiger partial charge in [0, 0.05) is 12.1 Å². The fraction of sp³-hybridized carbons (Fsp3) is 0.364. The zero-order chi connectivity index (χ0) is 19.2. The Morgan fingerprint density at radius 3 is 2.15 bits per heavy atom. The van der Waals surface area contributed by atoms with Crippen LogP contribution in [-0.2, 0) is 16.0 Å². The molecule has 26 heavy (non-hydrogen) atoms. The summed E-state index contributed by atoms with van der Waals surface area (Å²) in [6.07, 6.45) is 1.00. The fourth-order valence-electron chi connectivity index (χ4n) is 2.60. The Morgan fingerprint density at radius 2 is 1.58 bits per heavy atom. The molecule has 0 spiro atoms. The summed E-state index contributed by atoms with van der Waals surface area (Å²) in [4.78, 5) is 24.7. The maximum absolute atomic E-state index is 12.4. The van der Waals surface area contributed by atoms with Crippen LogP contribution in [0.2, 0.25) is 0 Å². The predicted octanol–water partition coefficient (Wildman–Crippen LogP) is 4.28. The van der Waals surface area contributed by atoms with Crippen LogP contribution in [0.25, 0.3) is 0 Å². The molecule has 0 aromatic heterocycles. The third-order valence-corrected chi connectivity index (χ3v) is 4.34. The zero-order valence-corrected chi connectivity index (χ0v) is 16.0. The first kappa shape index (κ1) is 19.7. The van der Waals surface area contributed by atoms with Gasteiger partial charge in [0.25, 0.3) is 0 Å². The van der Waals surface area contributed by atoms with Gasteiger partial charge in [0.15, 0.2) is 0 Å². The Labute approximate surface area is 156 Å². The molecular formula is C22H28N2O2. The maximum Gasteiger partial charge on any atom is 0.249 e. The molecule has 0 atom stereocenters. The number of hydrogen-bond donors (Lipinski definition) is 2. The minimum Gasteiger partial charge on any atom is -0.342 e. The second-order valence-electron chi connectivity index (χ2n) is 7.39. The van der Waals surface area contributed by atoms with Gasteiger partial charge < -0.3 is 10.6 Å². The molecule has 0 aliphatic heterocycles. The van der Waals surface area contributed by atoms with Crippen LogP contribution in [0.3, 0.4) is 0 Å². The molecule has 0 bridgehead atoms. The van der Waals surface area contributed by atoms with Gasteiger partial charge in [-0.2, -0.15) is 0 Å². The topological polar surface area (TPSA) is 58.2 Å². The summed E-state index contributed by atoms with van der Waals surface area (Å²) in [6, 6.07) is 17.6. The van der Waals surface area contributed by atoms with Gasteiger partial charge in [-0.15, -0.1) is 0 Å². The van der Waals surface area contributed by atoms with Crippen LogP contribution < -0.4 is 10.6 Å². The van der Waals surface area contributed by atoms with Crippen molar-refractivity contribution in [3.8, 4) is 0 Å². The van der Waals surface area contributed by atoms with Crippen LogP contribution >= 0.6 is 0 Å². The minimum absolute atomic E-state index is 0.133. The molecule has 0 aliphatic rings. The molecule has 2 aromatic carbocycles. The van der Waals surface area contributed by atoms with Gasteiger partial charge in [-0.1, -0.05) is 56.3 Å². The molecule has 2 rings (SSSR count). The smallest absolute Gasteiger partial charge is 0.249 e. The van der Waals surface area contributed by atoms with E-state index in [4.69, 9.17) is 0 Å². The summed E-state index contributed by atoms with van der Waals surface area (Å²) in [7, 11) is 0. The summed E-state index contributed by atoms with van der Waals surface area (Å²) >= 11 is 0. The fourth-order valence-corrected chi connectivity index (χ4v) is 2.60. The number of hydrogen-bond acceptors (Lipinski definition) is 2. The van der Waals surface area contributed by atoms with Crippen LogP contribution in [0.1, 0.15) is 51.2 Å². The van der Waals surface area contributed by atoms with Crippen LogP contribution in [0.15, 0.2) is 54.6 Å². The van der Waals surface area contributed by atoms with Crippen molar-refractivity contribution >= 4 is 17.5 Å². The van der Waals surface area contributed by atoms with Crippen molar-refractivity contribution in [3.05, 3.63) is 65.7 Å². The molecule has 0 fully saturated rings. The highest BCUT2D eigenvalue weighted by Crippen LogP contribution is 2.16. The summed E-state index contributed by atoms with van der Waals surface area (Å²) in [5, 5.41) is 5.65. The largest absolute Gasteiger partial charge is 0.342 e. The lowest BCUT2D eigenvalue weighted by atomic mass is 9.99. The van der Waals surface area contributed by atoms with Crippen molar-refractivity contribution in [1.29, 1.82) is 0 Å². The normalized spacial score (nSPS) is 11.3. The van der Waals surface area contributed by atoms with Crippen LogP contribution in [0, 0.1) is 0 Å². The Morgan fingerprint density at radius 1 is 0.962 bits per heavy atom. The lowest BCUT2D eigenvalue weighted by Gasteiger charge is -2.25. The number of aryl methyl sites for hydroxylation is 1. The molecule has 0 aliphatic carbocycles. The second-order valence-corrected chi connectivity index (χ2v) is 7.39. The predicted molar refractivity (Wildman–Crippen MR) is 106 cm³/mol. The first-order valence-corrected chi connectivity index (χ1v) is 9.04. The van der Waals surface area contributed by atoms with Gasteiger partial charge in [-0.25, -0.2) is 0 Å². The number of carbonyl (C=O) groups is 2. The van der Waals surface area contributed by atoms with E-state index in [-0.39, 0.29) is 11.8 Å². The van der Waals surface area contributed by atoms with Gasteiger partial charge in [0.05, 0.1) is 0 Å². The van der Waals surface area contributed by atoms with Crippen LogP contribution in [0.4, 0.5) is 5.69 Å². The van der Waals surface area contributed by atoms with E-state index in [1.807, 2.05) is 30.3 Å². The van der Waals surface area contributed by atoms with Crippen LogP contribution in [-0.4, -0.2) is 17.4 Å². The quantitative estimate of drug-likeness (QED) is 0.781. The Kier molecular flexibility index (Phi) is 6.56. The lowest BCUT2D eigenvalue weighted by Crippen LogP contribution is -2.52. The molecule has 138 valence electrons. The highest BCUT2D eigenvalue weighted by Gasteiger charge is 2.29. The summed E-state index contributed by atoms with van der Waals surface area (Å²) in [6.45, 7) is 7.73. The van der Waals surface area contributed by atoms with E-state index in [0.717, 1.165) is 5.56 Å². The molecule has 4 heteroatoms. The minimum atomic E-state index is -0.978. The molecule has 2 aromatic rings. The standard InChI is InChI=1S/C22H28N2O2/c1-16(2)18-13-10-17(11-14-18)12-15-20(25)24-22(3,4)21(26)23-19-8-6-5-7-9-19/h5-11,13-14,16H,12,15H2,1-4H3,(H,23,26)(H,24,25). The average Bonchev–Trinajstić information content (AvgIpc) is 2.60. The van der Waals surface area contributed by atoms with E-state index in [2.05, 4.69) is 48.7 Å². The molecule has 0 heterocycles. The second kappa shape index (κ2) is 8.65. The van der Waals surface area contributed by atoms with Crippen molar-refractivity contribution < 1.29 is 9.59 Å². The molecular weight excluding hydrogens is 324 g/mol. The van der Waals surface area contributed by atoms with Crippen molar-refractivity contribution in [1.82, 2.24) is 5.32 Å². The Balaban J connectivity index is 1.86. The van der Waals surface area contributed by atoms with Crippen molar-refractivity contribution in [2.45, 2.75) is 52.0 Å². The lowest BCUT2D eigenvalue weighted by molar-refractivity contribution is -0.129. The number of para-hydroxylation sites is 1. The average molecular weight is 352 g/mol. The highest BCUT2D eigenvalue weighted by atomic mass is 16.2. The third-order valence-electron chi connectivity index (χ3n) is 4.34. The van der Waals surface area contributed by atoms with Gasteiger partial charge in [-0.05, 0) is 49.4 Å². The molecule has 0 radical (unpaired) electrons. The van der Waals surface area contributed by atoms with Crippen molar-refractivity contribution in [2.75, 3.05) is 5.32 Å². The van der Waals surface area contributed by atoms with E-state index in [9.17, 15) is 9.59 Å². The third kappa shape index (κ3) is 5.73. The Bertz CT molecular complexity index is 734. The molecule has 2 N–H and O–H groups in total. The molecule has 0 saturated carbocycles. The van der Waals surface area contributed by atoms with Gasteiger partial charge in [0.2, 0.25) is 11.8 Å². The zero-order valence-electron chi connectivity index (χ0n) is 16.0. The monoisotopic (exact) mass is 352 g/mol. The van der Waals surface area contributed by atoms with E-state index in [0.29, 0.717) is 24.4 Å². The summed E-state index contributed by atoms with van der Waals surface area (Å²) < 4.78 is 0.